The fourth-order valence-corrected chi connectivity index (χ4v) is 3.35. The standard InChI is InChI=1S/C16H24N2OS/c1-4-12(2)18(13-9-10-17-11-13)16(19)14-7-5-6-8-15(14)20-3/h5-8,12-13,17H,4,9-11H2,1-3H3/t12?,13-/m0/s1. The van der Waals surface area contributed by atoms with Crippen molar-refractivity contribution in [3.8, 4) is 0 Å². The second-order valence-corrected chi connectivity index (χ2v) is 6.16. The molecule has 0 saturated carbocycles. The van der Waals surface area contributed by atoms with E-state index in [0.29, 0.717) is 6.04 Å². The van der Waals surface area contributed by atoms with Crippen LogP contribution in [0.2, 0.25) is 0 Å². The van der Waals surface area contributed by atoms with Gasteiger partial charge in [-0.05, 0) is 44.7 Å². The van der Waals surface area contributed by atoms with Crippen LogP contribution < -0.4 is 5.32 Å². The SMILES string of the molecule is CCC(C)N(C(=O)c1ccccc1SC)[C@H]1CCNC1. The number of carbonyl (C=O) groups excluding carboxylic acids is 1. The Morgan fingerprint density at radius 2 is 2.25 bits per heavy atom. The molecule has 0 aromatic heterocycles. The highest BCUT2D eigenvalue weighted by atomic mass is 32.2. The summed E-state index contributed by atoms with van der Waals surface area (Å²) in [6.07, 6.45) is 4.07. The van der Waals surface area contributed by atoms with Crippen LogP contribution in [-0.2, 0) is 0 Å². The molecule has 3 nitrogen and oxygen atoms in total. The van der Waals surface area contributed by atoms with Crippen LogP contribution in [0, 0.1) is 0 Å². The lowest BCUT2D eigenvalue weighted by Gasteiger charge is -2.34. The van der Waals surface area contributed by atoms with Crippen LogP contribution in [0.3, 0.4) is 0 Å². The molecule has 1 aromatic rings. The first-order chi connectivity index (χ1) is 9.69. The Bertz CT molecular complexity index is 458. The van der Waals surface area contributed by atoms with Gasteiger partial charge in [-0.1, -0.05) is 19.1 Å². The van der Waals surface area contributed by atoms with Crippen molar-refractivity contribution in [2.24, 2.45) is 0 Å². The summed E-state index contributed by atoms with van der Waals surface area (Å²) in [5.74, 6) is 0.179. The summed E-state index contributed by atoms with van der Waals surface area (Å²) >= 11 is 1.64. The normalized spacial score (nSPS) is 19.9. The van der Waals surface area contributed by atoms with Gasteiger partial charge >= 0.3 is 0 Å². The highest BCUT2D eigenvalue weighted by Gasteiger charge is 2.31. The molecule has 1 aliphatic rings. The van der Waals surface area contributed by atoms with Crippen LogP contribution in [-0.4, -0.2) is 42.2 Å². The monoisotopic (exact) mass is 292 g/mol. The van der Waals surface area contributed by atoms with Gasteiger partial charge in [-0.15, -0.1) is 11.8 Å². The molecule has 2 rings (SSSR count). The predicted octanol–water partition coefficient (Wildman–Crippen LogP) is 3.01. The molecule has 0 bridgehead atoms. The Balaban J connectivity index is 2.30. The Morgan fingerprint density at radius 3 is 2.85 bits per heavy atom. The molecule has 0 radical (unpaired) electrons. The number of rotatable bonds is 5. The molecular weight excluding hydrogens is 268 g/mol. The smallest absolute Gasteiger partial charge is 0.255 e. The fourth-order valence-electron chi connectivity index (χ4n) is 2.76. The molecule has 1 fully saturated rings. The Kier molecular flexibility index (Phi) is 5.49. The molecular formula is C16H24N2OS. The van der Waals surface area contributed by atoms with Gasteiger partial charge in [0.05, 0.1) is 5.56 Å². The van der Waals surface area contributed by atoms with Crippen molar-refractivity contribution < 1.29 is 4.79 Å². The number of thioether (sulfide) groups is 1. The zero-order chi connectivity index (χ0) is 14.5. The number of hydrogen-bond acceptors (Lipinski definition) is 3. The molecule has 2 atom stereocenters. The Hall–Kier alpha value is -1.00. The second kappa shape index (κ2) is 7.14. The van der Waals surface area contributed by atoms with Crippen molar-refractivity contribution in [1.82, 2.24) is 10.2 Å². The van der Waals surface area contributed by atoms with Gasteiger partial charge in [0.15, 0.2) is 0 Å². The van der Waals surface area contributed by atoms with E-state index in [1.165, 1.54) is 0 Å². The second-order valence-electron chi connectivity index (χ2n) is 5.32. The minimum atomic E-state index is 0.179. The highest BCUT2D eigenvalue weighted by molar-refractivity contribution is 7.98. The molecule has 110 valence electrons. The summed E-state index contributed by atoms with van der Waals surface area (Å²) < 4.78 is 0. The van der Waals surface area contributed by atoms with Crippen LogP contribution in [0.4, 0.5) is 0 Å². The maximum absolute atomic E-state index is 13.0. The van der Waals surface area contributed by atoms with Crippen LogP contribution in [0.1, 0.15) is 37.0 Å². The van der Waals surface area contributed by atoms with Crippen LogP contribution in [0.25, 0.3) is 0 Å². The lowest BCUT2D eigenvalue weighted by molar-refractivity contribution is 0.0600. The molecule has 1 amide bonds. The maximum atomic E-state index is 13.0. The Morgan fingerprint density at radius 1 is 1.50 bits per heavy atom. The molecule has 20 heavy (non-hydrogen) atoms. The highest BCUT2D eigenvalue weighted by Crippen LogP contribution is 2.25. The Labute approximate surface area is 126 Å². The minimum Gasteiger partial charge on any atom is -0.332 e. The van der Waals surface area contributed by atoms with Crippen molar-refractivity contribution in [2.45, 2.75) is 43.7 Å². The summed E-state index contributed by atoms with van der Waals surface area (Å²) in [5.41, 5.74) is 0.840. The molecule has 4 heteroatoms. The van der Waals surface area contributed by atoms with E-state index in [2.05, 4.69) is 24.1 Å². The predicted molar refractivity (Wildman–Crippen MR) is 85.4 cm³/mol. The first-order valence-electron chi connectivity index (χ1n) is 7.35. The van der Waals surface area contributed by atoms with Gasteiger partial charge in [-0.25, -0.2) is 0 Å². The molecule has 1 saturated heterocycles. The summed E-state index contributed by atoms with van der Waals surface area (Å²) in [7, 11) is 0. The quantitative estimate of drug-likeness (QED) is 0.847. The topological polar surface area (TPSA) is 32.3 Å². The van der Waals surface area contributed by atoms with Gasteiger partial charge in [0, 0.05) is 23.5 Å². The molecule has 0 aliphatic carbocycles. The molecule has 1 aliphatic heterocycles. The van der Waals surface area contributed by atoms with E-state index >= 15 is 0 Å². The van der Waals surface area contributed by atoms with Crippen molar-refractivity contribution in [2.75, 3.05) is 19.3 Å². The summed E-state index contributed by atoms with van der Waals surface area (Å²) in [6.45, 7) is 6.22. The van der Waals surface area contributed by atoms with Crippen molar-refractivity contribution in [3.63, 3.8) is 0 Å². The van der Waals surface area contributed by atoms with Gasteiger partial charge in [0.1, 0.15) is 0 Å². The van der Waals surface area contributed by atoms with Crippen LogP contribution >= 0.6 is 11.8 Å². The summed E-state index contributed by atoms with van der Waals surface area (Å²) in [4.78, 5) is 16.2. The van der Waals surface area contributed by atoms with E-state index in [1.54, 1.807) is 11.8 Å². The molecule has 1 N–H and O–H groups in total. The lowest BCUT2D eigenvalue weighted by Crippen LogP contribution is -2.47. The van der Waals surface area contributed by atoms with Gasteiger partial charge < -0.3 is 10.2 Å². The minimum absolute atomic E-state index is 0.179. The van der Waals surface area contributed by atoms with Crippen molar-refractivity contribution in [3.05, 3.63) is 29.8 Å². The summed E-state index contributed by atoms with van der Waals surface area (Å²) in [5, 5.41) is 3.37. The zero-order valence-electron chi connectivity index (χ0n) is 12.6. The van der Waals surface area contributed by atoms with E-state index in [4.69, 9.17) is 0 Å². The van der Waals surface area contributed by atoms with E-state index in [9.17, 15) is 4.79 Å². The van der Waals surface area contributed by atoms with Gasteiger partial charge in [0.25, 0.3) is 5.91 Å². The number of benzene rings is 1. The third kappa shape index (κ3) is 3.18. The van der Waals surface area contributed by atoms with E-state index in [1.807, 2.05) is 30.5 Å². The first-order valence-corrected chi connectivity index (χ1v) is 8.57. The lowest BCUT2D eigenvalue weighted by atomic mass is 10.1. The molecule has 1 heterocycles. The third-order valence-corrected chi connectivity index (χ3v) is 4.86. The maximum Gasteiger partial charge on any atom is 0.255 e. The third-order valence-electron chi connectivity index (χ3n) is 4.07. The van der Waals surface area contributed by atoms with Crippen molar-refractivity contribution in [1.29, 1.82) is 0 Å². The fraction of sp³-hybridized carbons (Fsp3) is 0.562. The van der Waals surface area contributed by atoms with Gasteiger partial charge in [0.2, 0.25) is 0 Å². The van der Waals surface area contributed by atoms with Crippen LogP contribution in [0.15, 0.2) is 29.2 Å². The number of carbonyl (C=O) groups is 1. The average molecular weight is 292 g/mol. The number of nitrogens with one attached hydrogen (secondary N) is 1. The van der Waals surface area contributed by atoms with E-state index < -0.39 is 0 Å². The number of hydrogen-bond donors (Lipinski definition) is 1. The molecule has 1 unspecified atom stereocenters. The van der Waals surface area contributed by atoms with E-state index in [-0.39, 0.29) is 11.9 Å². The van der Waals surface area contributed by atoms with Gasteiger partial charge in [-0.2, -0.15) is 0 Å². The average Bonchev–Trinajstić information content (AvgIpc) is 3.00. The first kappa shape index (κ1) is 15.4. The van der Waals surface area contributed by atoms with Crippen LogP contribution in [0.5, 0.6) is 0 Å². The van der Waals surface area contributed by atoms with E-state index in [0.717, 1.165) is 36.4 Å². The molecule has 1 aromatic carbocycles. The van der Waals surface area contributed by atoms with Crippen molar-refractivity contribution >= 4 is 17.7 Å². The van der Waals surface area contributed by atoms with Gasteiger partial charge in [-0.3, -0.25) is 4.79 Å². The molecule has 0 spiro atoms. The number of amides is 1. The zero-order valence-corrected chi connectivity index (χ0v) is 13.4. The largest absolute Gasteiger partial charge is 0.332 e. The number of nitrogens with zero attached hydrogens (tertiary/aromatic N) is 1. The summed E-state index contributed by atoms with van der Waals surface area (Å²) in [6, 6.07) is 8.53.